The van der Waals surface area contributed by atoms with Gasteiger partial charge in [-0.1, -0.05) is 44.2 Å². The van der Waals surface area contributed by atoms with Crippen LogP contribution in [-0.2, 0) is 20.9 Å². The predicted molar refractivity (Wildman–Crippen MR) is 116 cm³/mol. The van der Waals surface area contributed by atoms with Gasteiger partial charge in [-0.2, -0.15) is 0 Å². The van der Waals surface area contributed by atoms with E-state index < -0.39 is 11.9 Å². The fourth-order valence-corrected chi connectivity index (χ4v) is 2.61. The van der Waals surface area contributed by atoms with E-state index in [-0.39, 0.29) is 17.8 Å². The van der Waals surface area contributed by atoms with Crippen molar-refractivity contribution in [2.45, 2.75) is 45.7 Å². The van der Waals surface area contributed by atoms with Crippen LogP contribution in [0.1, 0.15) is 44.2 Å². The molecule has 168 valence electrons. The number of carbonyl (C=O) groups excluding carboxylic acids is 1. The number of carbonyl (C=O) groups is 3. The number of carboxylic acids is 2. The zero-order chi connectivity index (χ0) is 23.6. The predicted octanol–water partition coefficient (Wildman–Crippen LogP) is 3.95. The van der Waals surface area contributed by atoms with E-state index in [4.69, 9.17) is 19.8 Å². The zero-order valence-corrected chi connectivity index (χ0v) is 18.1. The van der Waals surface area contributed by atoms with Gasteiger partial charge in [-0.25, -0.2) is 14.0 Å². The topological polar surface area (TPSA) is 107 Å². The van der Waals surface area contributed by atoms with Gasteiger partial charge in [0.25, 0.3) is 0 Å². The SMILES string of the molecule is CCC(C)c1ccc(NC(=O)C(C)N(C)Cc2ccccc2F)cc1.O=C(O)C(=O)O. The highest BCUT2D eigenvalue weighted by Gasteiger charge is 2.19. The Balaban J connectivity index is 0.000000703. The highest BCUT2D eigenvalue weighted by Crippen LogP contribution is 2.21. The molecule has 2 atom stereocenters. The zero-order valence-electron chi connectivity index (χ0n) is 18.1. The summed E-state index contributed by atoms with van der Waals surface area (Å²) >= 11 is 0. The molecule has 0 aliphatic rings. The van der Waals surface area contributed by atoms with Crippen LogP contribution in [0, 0.1) is 5.82 Å². The molecule has 2 rings (SSSR count). The smallest absolute Gasteiger partial charge is 0.414 e. The summed E-state index contributed by atoms with van der Waals surface area (Å²) in [6.07, 6.45) is 1.09. The van der Waals surface area contributed by atoms with Crippen molar-refractivity contribution in [2.75, 3.05) is 12.4 Å². The molecule has 0 saturated heterocycles. The molecule has 31 heavy (non-hydrogen) atoms. The largest absolute Gasteiger partial charge is 0.473 e. The molecule has 0 spiro atoms. The van der Waals surface area contributed by atoms with E-state index in [0.29, 0.717) is 18.0 Å². The molecule has 2 unspecified atom stereocenters. The summed E-state index contributed by atoms with van der Waals surface area (Å²) in [5, 5.41) is 17.7. The number of anilines is 1. The minimum absolute atomic E-state index is 0.102. The van der Waals surface area contributed by atoms with Crippen molar-refractivity contribution in [1.82, 2.24) is 4.90 Å². The number of likely N-dealkylation sites (N-methyl/N-ethyl adjacent to an activating group) is 1. The highest BCUT2D eigenvalue weighted by molar-refractivity contribution is 6.27. The second-order valence-corrected chi connectivity index (χ2v) is 7.21. The van der Waals surface area contributed by atoms with Crippen LogP contribution in [0.5, 0.6) is 0 Å². The van der Waals surface area contributed by atoms with Crippen LogP contribution in [-0.4, -0.2) is 46.0 Å². The number of halogens is 1. The van der Waals surface area contributed by atoms with E-state index in [0.717, 1.165) is 12.1 Å². The lowest BCUT2D eigenvalue weighted by Crippen LogP contribution is -2.39. The molecule has 0 fully saturated rings. The van der Waals surface area contributed by atoms with E-state index in [2.05, 4.69) is 31.3 Å². The molecule has 0 aliphatic heterocycles. The van der Waals surface area contributed by atoms with Crippen LogP contribution < -0.4 is 5.32 Å². The maximum atomic E-state index is 13.8. The van der Waals surface area contributed by atoms with E-state index in [1.165, 1.54) is 11.6 Å². The Morgan fingerprint density at radius 1 is 1.00 bits per heavy atom. The van der Waals surface area contributed by atoms with Crippen molar-refractivity contribution in [3.05, 3.63) is 65.5 Å². The molecule has 0 aliphatic carbocycles. The Morgan fingerprint density at radius 3 is 2.03 bits per heavy atom. The lowest BCUT2D eigenvalue weighted by molar-refractivity contribution is -0.159. The minimum atomic E-state index is -1.82. The van der Waals surface area contributed by atoms with Gasteiger partial charge in [0, 0.05) is 17.8 Å². The number of hydrogen-bond donors (Lipinski definition) is 3. The van der Waals surface area contributed by atoms with Crippen LogP contribution in [0.25, 0.3) is 0 Å². The Bertz CT molecular complexity index is 874. The molecule has 0 aromatic heterocycles. The summed E-state index contributed by atoms with van der Waals surface area (Å²) in [4.78, 5) is 32.5. The molecule has 0 bridgehead atoms. The molecule has 0 radical (unpaired) electrons. The van der Waals surface area contributed by atoms with Gasteiger partial charge in [0.2, 0.25) is 5.91 Å². The normalized spacial score (nSPS) is 12.3. The van der Waals surface area contributed by atoms with Gasteiger partial charge in [0.1, 0.15) is 5.82 Å². The summed E-state index contributed by atoms with van der Waals surface area (Å²) < 4.78 is 13.8. The van der Waals surface area contributed by atoms with Gasteiger partial charge in [-0.3, -0.25) is 9.69 Å². The standard InChI is InChI=1S/C21H27FN2O.C2H2O4/c1-5-15(2)17-10-12-19(13-11-17)23-21(25)16(3)24(4)14-18-8-6-7-9-20(18)22;3-1(4)2(5)6/h6-13,15-16H,5,14H2,1-4H3,(H,23,25);(H,3,4)(H,5,6). The third kappa shape index (κ3) is 8.55. The lowest BCUT2D eigenvalue weighted by Gasteiger charge is -2.24. The number of nitrogens with zero attached hydrogens (tertiary/aromatic N) is 1. The third-order valence-electron chi connectivity index (χ3n) is 4.96. The van der Waals surface area contributed by atoms with Gasteiger partial charge in [0.15, 0.2) is 0 Å². The van der Waals surface area contributed by atoms with Crippen LogP contribution in [0.2, 0.25) is 0 Å². The first-order valence-corrected chi connectivity index (χ1v) is 9.87. The monoisotopic (exact) mass is 432 g/mol. The first-order valence-electron chi connectivity index (χ1n) is 9.87. The van der Waals surface area contributed by atoms with Gasteiger partial charge < -0.3 is 15.5 Å². The molecule has 8 heteroatoms. The molecule has 1 amide bonds. The molecule has 7 nitrogen and oxygen atoms in total. The average molecular weight is 432 g/mol. The fourth-order valence-electron chi connectivity index (χ4n) is 2.61. The molecule has 0 heterocycles. The molecule has 0 saturated carbocycles. The highest BCUT2D eigenvalue weighted by atomic mass is 19.1. The number of aliphatic carboxylic acids is 2. The van der Waals surface area contributed by atoms with E-state index in [1.807, 2.05) is 31.0 Å². The average Bonchev–Trinajstić information content (AvgIpc) is 2.75. The number of hydrogen-bond acceptors (Lipinski definition) is 4. The quantitative estimate of drug-likeness (QED) is 0.572. The first-order chi connectivity index (χ1) is 14.6. The Labute approximate surface area is 181 Å². The van der Waals surface area contributed by atoms with Gasteiger partial charge in [-0.15, -0.1) is 0 Å². The molecule has 3 N–H and O–H groups in total. The second kappa shape index (κ2) is 12.4. The molecule has 2 aromatic carbocycles. The number of carboxylic acid groups (broad SMARTS) is 2. The van der Waals surface area contributed by atoms with Crippen LogP contribution >= 0.6 is 0 Å². The minimum Gasteiger partial charge on any atom is -0.473 e. The fraction of sp³-hybridized carbons (Fsp3) is 0.348. The number of rotatable bonds is 7. The number of nitrogens with one attached hydrogen (secondary N) is 1. The number of amides is 1. The van der Waals surface area contributed by atoms with Crippen LogP contribution in [0.3, 0.4) is 0 Å². The van der Waals surface area contributed by atoms with Gasteiger partial charge in [-0.05, 0) is 50.1 Å². The van der Waals surface area contributed by atoms with Crippen LogP contribution in [0.4, 0.5) is 10.1 Å². The van der Waals surface area contributed by atoms with E-state index >= 15 is 0 Å². The summed E-state index contributed by atoms with van der Waals surface area (Å²) in [5.74, 6) is -3.49. The Morgan fingerprint density at radius 2 is 1.55 bits per heavy atom. The molecule has 2 aromatic rings. The summed E-state index contributed by atoms with van der Waals surface area (Å²) in [5.41, 5.74) is 2.64. The first kappa shape index (κ1) is 25.8. The molecular formula is C23H29FN2O5. The maximum absolute atomic E-state index is 13.8. The second-order valence-electron chi connectivity index (χ2n) is 7.21. The maximum Gasteiger partial charge on any atom is 0.414 e. The van der Waals surface area contributed by atoms with Crippen molar-refractivity contribution in [3.8, 4) is 0 Å². The number of benzene rings is 2. The van der Waals surface area contributed by atoms with Crippen molar-refractivity contribution in [1.29, 1.82) is 0 Å². The van der Waals surface area contributed by atoms with Gasteiger partial charge >= 0.3 is 11.9 Å². The van der Waals surface area contributed by atoms with Gasteiger partial charge in [0.05, 0.1) is 6.04 Å². The molecular weight excluding hydrogens is 403 g/mol. The summed E-state index contributed by atoms with van der Waals surface area (Å²) in [6, 6.07) is 14.2. The van der Waals surface area contributed by atoms with Crippen LogP contribution in [0.15, 0.2) is 48.5 Å². The Hall–Kier alpha value is -3.26. The van der Waals surface area contributed by atoms with Crippen molar-refractivity contribution in [3.63, 3.8) is 0 Å². The Kier molecular flexibility index (Phi) is 10.3. The van der Waals surface area contributed by atoms with E-state index in [9.17, 15) is 9.18 Å². The van der Waals surface area contributed by atoms with Crippen molar-refractivity contribution >= 4 is 23.5 Å². The summed E-state index contributed by atoms with van der Waals surface area (Å²) in [6.45, 7) is 6.55. The lowest BCUT2D eigenvalue weighted by atomic mass is 9.98. The van der Waals surface area contributed by atoms with Crippen molar-refractivity contribution < 1.29 is 29.0 Å². The van der Waals surface area contributed by atoms with Crippen molar-refractivity contribution in [2.24, 2.45) is 0 Å². The van der Waals surface area contributed by atoms with E-state index in [1.54, 1.807) is 18.2 Å². The third-order valence-corrected chi connectivity index (χ3v) is 4.96. The summed E-state index contributed by atoms with van der Waals surface area (Å²) in [7, 11) is 1.82.